The highest BCUT2D eigenvalue weighted by Crippen LogP contribution is 2.41. The number of halogens is 4. The second-order valence-electron chi connectivity index (χ2n) is 4.55. The summed E-state index contributed by atoms with van der Waals surface area (Å²) in [6, 6.07) is 3.63. The molecule has 0 aliphatic carbocycles. The van der Waals surface area contributed by atoms with E-state index in [9.17, 15) is 23.3 Å². The number of alkyl halides is 3. The van der Waals surface area contributed by atoms with E-state index in [1.165, 1.54) is 12.1 Å². The third-order valence-electron chi connectivity index (χ3n) is 2.92. The van der Waals surface area contributed by atoms with Crippen molar-refractivity contribution in [2.45, 2.75) is 6.18 Å². The number of benzene rings is 1. The number of aryl methyl sites for hydroxylation is 1. The van der Waals surface area contributed by atoms with Crippen molar-refractivity contribution in [1.29, 1.82) is 0 Å². The lowest BCUT2D eigenvalue weighted by atomic mass is 10.2. The summed E-state index contributed by atoms with van der Waals surface area (Å²) >= 11 is 5.68. The standard InChI is InChI=1S/C13H11ClF3N4O3/c1-3-18-8-6-7(4-5-9(8)21(22)23)24-12-10(14)11(13(15,16)17)20(2)19-12/h4-6,18H,1,3H2,2H3. The first-order chi connectivity index (χ1) is 11.1. The maximum Gasteiger partial charge on any atom is 0.434 e. The zero-order chi connectivity index (χ0) is 18.1. The smallest absolute Gasteiger partial charge is 0.434 e. The lowest BCUT2D eigenvalue weighted by Crippen LogP contribution is -2.12. The maximum absolute atomic E-state index is 12.9. The topological polar surface area (TPSA) is 82.2 Å². The van der Waals surface area contributed by atoms with Gasteiger partial charge in [-0.2, -0.15) is 13.2 Å². The molecule has 0 unspecified atom stereocenters. The van der Waals surface area contributed by atoms with Crippen molar-refractivity contribution >= 4 is 23.0 Å². The number of nitro groups is 1. The number of hydrogen-bond acceptors (Lipinski definition) is 5. The molecule has 0 aliphatic rings. The first kappa shape index (κ1) is 17.9. The van der Waals surface area contributed by atoms with Gasteiger partial charge in [0.15, 0.2) is 5.69 Å². The molecule has 0 atom stereocenters. The van der Waals surface area contributed by atoms with Crippen molar-refractivity contribution in [1.82, 2.24) is 9.78 Å². The molecule has 7 nitrogen and oxygen atoms in total. The van der Waals surface area contributed by atoms with Gasteiger partial charge in [0, 0.05) is 25.7 Å². The van der Waals surface area contributed by atoms with Crippen LogP contribution in [0.3, 0.4) is 0 Å². The van der Waals surface area contributed by atoms with Crippen LogP contribution in [0.25, 0.3) is 0 Å². The van der Waals surface area contributed by atoms with E-state index in [1.54, 1.807) is 0 Å². The van der Waals surface area contributed by atoms with Crippen LogP contribution in [0.2, 0.25) is 5.02 Å². The van der Waals surface area contributed by atoms with Gasteiger partial charge in [0.2, 0.25) is 0 Å². The summed E-state index contributed by atoms with van der Waals surface area (Å²) in [5.41, 5.74) is -1.28. The van der Waals surface area contributed by atoms with E-state index in [-0.39, 0.29) is 23.7 Å². The van der Waals surface area contributed by atoms with Crippen LogP contribution < -0.4 is 10.1 Å². The Hall–Kier alpha value is -2.49. The molecule has 129 valence electrons. The second-order valence-corrected chi connectivity index (χ2v) is 4.93. The minimum atomic E-state index is -4.70. The number of nitrogens with zero attached hydrogens (tertiary/aromatic N) is 3. The molecule has 1 radical (unpaired) electrons. The van der Waals surface area contributed by atoms with Crippen LogP contribution in [0.1, 0.15) is 5.69 Å². The summed E-state index contributed by atoms with van der Waals surface area (Å²) in [6.45, 7) is 3.67. The van der Waals surface area contributed by atoms with Crippen LogP contribution in [0.4, 0.5) is 24.5 Å². The van der Waals surface area contributed by atoms with Gasteiger partial charge in [-0.1, -0.05) is 11.6 Å². The molecule has 0 aliphatic heterocycles. The van der Waals surface area contributed by atoms with Gasteiger partial charge in [0.25, 0.3) is 11.6 Å². The number of nitro benzene ring substituents is 1. The van der Waals surface area contributed by atoms with Crippen molar-refractivity contribution in [2.75, 3.05) is 11.9 Å². The molecule has 2 rings (SSSR count). The number of ether oxygens (including phenoxy) is 1. The molecule has 11 heteroatoms. The van der Waals surface area contributed by atoms with E-state index in [0.717, 1.165) is 13.1 Å². The predicted octanol–water partition coefficient (Wildman–Crippen LogP) is 4.04. The van der Waals surface area contributed by atoms with E-state index >= 15 is 0 Å². The van der Waals surface area contributed by atoms with Gasteiger partial charge in [-0.05, 0) is 13.0 Å². The largest absolute Gasteiger partial charge is 0.436 e. The molecule has 0 bridgehead atoms. The van der Waals surface area contributed by atoms with Crippen LogP contribution in [-0.2, 0) is 13.2 Å². The molecule has 1 heterocycles. The third kappa shape index (κ3) is 3.53. The van der Waals surface area contributed by atoms with E-state index in [2.05, 4.69) is 17.3 Å². The van der Waals surface area contributed by atoms with Gasteiger partial charge in [0.1, 0.15) is 16.5 Å². The average Bonchev–Trinajstić information content (AvgIpc) is 2.73. The van der Waals surface area contributed by atoms with Gasteiger partial charge >= 0.3 is 6.18 Å². The summed E-state index contributed by atoms with van der Waals surface area (Å²) in [7, 11) is 1.08. The van der Waals surface area contributed by atoms with Crippen LogP contribution in [0, 0.1) is 17.0 Å². The summed E-state index contributed by atoms with van der Waals surface area (Å²) < 4.78 is 44.4. The summed E-state index contributed by atoms with van der Waals surface area (Å²) in [4.78, 5) is 10.3. The molecule has 0 fully saturated rings. The van der Waals surface area contributed by atoms with Gasteiger partial charge in [-0.25, -0.2) is 0 Å². The molecule has 1 aromatic heterocycles. The average molecular weight is 364 g/mol. The molecule has 2 aromatic rings. The van der Waals surface area contributed by atoms with Gasteiger partial charge < -0.3 is 10.1 Å². The Morgan fingerprint density at radius 1 is 1.50 bits per heavy atom. The highest BCUT2D eigenvalue weighted by atomic mass is 35.5. The van der Waals surface area contributed by atoms with Crippen molar-refractivity contribution < 1.29 is 22.8 Å². The Morgan fingerprint density at radius 3 is 2.67 bits per heavy atom. The molecule has 1 N–H and O–H groups in total. The highest BCUT2D eigenvalue weighted by molar-refractivity contribution is 6.32. The fourth-order valence-corrected chi connectivity index (χ4v) is 2.28. The number of aromatic nitrogens is 2. The maximum atomic E-state index is 12.9. The molecule has 1 aromatic carbocycles. The summed E-state index contributed by atoms with van der Waals surface area (Å²) in [5, 5.41) is 16.5. The van der Waals surface area contributed by atoms with Gasteiger partial charge in [-0.3, -0.25) is 14.8 Å². The Kier molecular flexibility index (Phi) is 4.88. The quantitative estimate of drug-likeness (QED) is 0.640. The Bertz CT molecular complexity index is 777. The first-order valence-electron chi connectivity index (χ1n) is 6.44. The highest BCUT2D eigenvalue weighted by Gasteiger charge is 2.39. The summed E-state index contributed by atoms with van der Waals surface area (Å²) in [5.74, 6) is -0.425. The normalized spacial score (nSPS) is 11.4. The Labute approximate surface area is 139 Å². The fourth-order valence-electron chi connectivity index (χ4n) is 1.97. The lowest BCUT2D eigenvalue weighted by molar-refractivity contribution is -0.384. The van der Waals surface area contributed by atoms with Crippen molar-refractivity contribution in [3.05, 3.63) is 46.0 Å². The predicted molar refractivity (Wildman–Crippen MR) is 80.2 cm³/mol. The molecule has 0 saturated heterocycles. The zero-order valence-electron chi connectivity index (χ0n) is 12.2. The Morgan fingerprint density at radius 2 is 2.17 bits per heavy atom. The zero-order valence-corrected chi connectivity index (χ0v) is 13.0. The van der Waals surface area contributed by atoms with Crippen molar-refractivity contribution in [3.63, 3.8) is 0 Å². The number of nitrogens with one attached hydrogen (secondary N) is 1. The molecule has 0 saturated carbocycles. The minimum absolute atomic E-state index is 0.0327. The van der Waals surface area contributed by atoms with Crippen molar-refractivity contribution in [3.8, 4) is 11.6 Å². The molecular weight excluding hydrogens is 353 g/mol. The van der Waals surface area contributed by atoms with Crippen LogP contribution in [0.5, 0.6) is 11.6 Å². The Balaban J connectivity index is 2.39. The summed E-state index contributed by atoms with van der Waals surface area (Å²) in [6.07, 6.45) is -4.70. The van der Waals surface area contributed by atoms with Crippen molar-refractivity contribution in [2.24, 2.45) is 7.05 Å². The lowest BCUT2D eigenvalue weighted by Gasteiger charge is -2.08. The van der Waals surface area contributed by atoms with E-state index in [0.29, 0.717) is 4.68 Å². The van der Waals surface area contributed by atoms with Crippen LogP contribution >= 0.6 is 11.6 Å². The van der Waals surface area contributed by atoms with E-state index in [1.807, 2.05) is 0 Å². The second kappa shape index (κ2) is 6.56. The molecule has 0 spiro atoms. The van der Waals surface area contributed by atoms with Crippen LogP contribution in [0.15, 0.2) is 18.2 Å². The number of hydrogen-bond donors (Lipinski definition) is 1. The van der Waals surface area contributed by atoms with Gasteiger partial charge in [-0.15, -0.1) is 5.10 Å². The molecule has 24 heavy (non-hydrogen) atoms. The van der Waals surface area contributed by atoms with E-state index < -0.39 is 27.7 Å². The van der Waals surface area contributed by atoms with E-state index in [4.69, 9.17) is 16.3 Å². The SMILES string of the molecule is [CH2]CNc1cc(Oc2nn(C)c(C(F)(F)F)c2Cl)ccc1[N+](=O)[O-]. The monoisotopic (exact) mass is 363 g/mol. The van der Waals surface area contributed by atoms with Crippen LogP contribution in [-0.4, -0.2) is 21.2 Å². The number of anilines is 1. The molecule has 0 amide bonds. The molecular formula is C13H11ClF3N4O3. The number of rotatable bonds is 5. The van der Waals surface area contributed by atoms with Gasteiger partial charge in [0.05, 0.1) is 4.92 Å². The fraction of sp³-hybridized carbons (Fsp3) is 0.231. The first-order valence-corrected chi connectivity index (χ1v) is 6.82. The minimum Gasteiger partial charge on any atom is -0.436 e. The third-order valence-corrected chi connectivity index (χ3v) is 3.26.